The highest BCUT2D eigenvalue weighted by Gasteiger charge is 2.28. The number of anilines is 2. The van der Waals surface area contributed by atoms with Gasteiger partial charge >= 0.3 is 0 Å². The van der Waals surface area contributed by atoms with Crippen molar-refractivity contribution in [2.75, 3.05) is 37.0 Å². The molecule has 0 unspecified atom stereocenters. The van der Waals surface area contributed by atoms with Crippen LogP contribution in [0.1, 0.15) is 24.0 Å². The van der Waals surface area contributed by atoms with Gasteiger partial charge in [0.25, 0.3) is 0 Å². The Morgan fingerprint density at radius 2 is 1.12 bits per heavy atom. The molecule has 0 radical (unpaired) electrons. The number of rotatable bonds is 1. The lowest BCUT2D eigenvalue weighted by atomic mass is 9.88. The van der Waals surface area contributed by atoms with E-state index in [-0.39, 0.29) is 11.5 Å². The number of benzene rings is 2. The third-order valence-corrected chi connectivity index (χ3v) is 5.37. The molecule has 2 aliphatic rings. The lowest BCUT2D eigenvalue weighted by Gasteiger charge is -2.34. The predicted octanol–water partition coefficient (Wildman–Crippen LogP) is 3.53. The van der Waals surface area contributed by atoms with Crippen molar-refractivity contribution >= 4 is 11.4 Å². The number of aryl methyl sites for hydroxylation is 2. The molecule has 2 N–H and O–H groups in total. The van der Waals surface area contributed by atoms with E-state index in [0.717, 1.165) is 61.3 Å². The molecular formula is C20H24N2O2. The summed E-state index contributed by atoms with van der Waals surface area (Å²) < 4.78 is 0. The lowest BCUT2D eigenvalue weighted by Crippen LogP contribution is -2.27. The number of aromatic hydroxyl groups is 2. The van der Waals surface area contributed by atoms with Crippen LogP contribution in [-0.4, -0.2) is 37.4 Å². The molecule has 2 aromatic carbocycles. The fourth-order valence-electron chi connectivity index (χ4n) is 4.25. The second kappa shape index (κ2) is 5.62. The Kier molecular flexibility index (Phi) is 3.56. The molecular weight excluding hydrogens is 300 g/mol. The molecule has 4 heteroatoms. The second-order valence-corrected chi connectivity index (χ2v) is 6.99. The van der Waals surface area contributed by atoms with Crippen LogP contribution in [0.4, 0.5) is 11.4 Å². The van der Waals surface area contributed by atoms with E-state index in [1.54, 1.807) is 12.1 Å². The van der Waals surface area contributed by atoms with Crippen LogP contribution < -0.4 is 9.80 Å². The summed E-state index contributed by atoms with van der Waals surface area (Å²) >= 11 is 0. The number of hydrogen-bond acceptors (Lipinski definition) is 4. The van der Waals surface area contributed by atoms with Gasteiger partial charge in [-0.2, -0.15) is 0 Å². The Bertz CT molecular complexity index is 733. The maximum Gasteiger partial charge on any atom is 0.125 e. The summed E-state index contributed by atoms with van der Waals surface area (Å²) in [5.74, 6) is 0.482. The first kappa shape index (κ1) is 15.2. The van der Waals surface area contributed by atoms with E-state index in [4.69, 9.17) is 0 Å². The van der Waals surface area contributed by atoms with Gasteiger partial charge in [0.05, 0.1) is 22.5 Å². The SMILES string of the molecule is CN1CCCc2ccc(O)c(-c3c(O)ccc4c3N(C)CCC4)c21. The van der Waals surface area contributed by atoms with Gasteiger partial charge in [0, 0.05) is 27.2 Å². The van der Waals surface area contributed by atoms with Crippen LogP contribution in [-0.2, 0) is 12.8 Å². The van der Waals surface area contributed by atoms with Gasteiger partial charge in [0.15, 0.2) is 0 Å². The van der Waals surface area contributed by atoms with Crippen molar-refractivity contribution < 1.29 is 10.2 Å². The number of fused-ring (bicyclic) bond motifs is 2. The van der Waals surface area contributed by atoms with Gasteiger partial charge in [-0.1, -0.05) is 12.1 Å². The maximum atomic E-state index is 10.7. The predicted molar refractivity (Wildman–Crippen MR) is 98.4 cm³/mol. The summed E-state index contributed by atoms with van der Waals surface area (Å²) in [4.78, 5) is 4.41. The molecule has 0 saturated heterocycles. The zero-order valence-corrected chi connectivity index (χ0v) is 14.3. The van der Waals surface area contributed by atoms with E-state index in [2.05, 4.69) is 23.9 Å². The van der Waals surface area contributed by atoms with Crippen LogP contribution in [0.2, 0.25) is 0 Å². The summed E-state index contributed by atoms with van der Waals surface area (Å²) in [6.07, 6.45) is 4.26. The Morgan fingerprint density at radius 3 is 1.54 bits per heavy atom. The number of phenolic OH excluding ortho intramolecular Hbond substituents is 2. The summed E-state index contributed by atoms with van der Waals surface area (Å²) in [6.45, 7) is 1.93. The van der Waals surface area contributed by atoms with E-state index in [0.29, 0.717) is 0 Å². The summed E-state index contributed by atoms with van der Waals surface area (Å²) in [5.41, 5.74) is 6.16. The Labute approximate surface area is 143 Å². The zero-order valence-electron chi connectivity index (χ0n) is 14.3. The zero-order chi connectivity index (χ0) is 16.8. The van der Waals surface area contributed by atoms with Gasteiger partial charge in [-0.3, -0.25) is 0 Å². The van der Waals surface area contributed by atoms with Crippen LogP contribution in [0.5, 0.6) is 11.5 Å². The van der Waals surface area contributed by atoms with Gasteiger partial charge in [0.1, 0.15) is 11.5 Å². The molecule has 0 amide bonds. The van der Waals surface area contributed by atoms with Gasteiger partial charge in [-0.15, -0.1) is 0 Å². The minimum atomic E-state index is 0.241. The highest BCUT2D eigenvalue weighted by atomic mass is 16.3. The summed E-state index contributed by atoms with van der Waals surface area (Å²) in [7, 11) is 4.13. The van der Waals surface area contributed by atoms with Crippen molar-refractivity contribution in [3.8, 4) is 22.6 Å². The van der Waals surface area contributed by atoms with Crippen molar-refractivity contribution in [1.29, 1.82) is 0 Å². The molecule has 2 heterocycles. The van der Waals surface area contributed by atoms with Crippen molar-refractivity contribution in [3.05, 3.63) is 35.4 Å². The van der Waals surface area contributed by atoms with Gasteiger partial charge < -0.3 is 20.0 Å². The minimum Gasteiger partial charge on any atom is -0.507 e. The lowest BCUT2D eigenvalue weighted by molar-refractivity contribution is 0.468. The molecule has 0 saturated carbocycles. The van der Waals surface area contributed by atoms with E-state index in [9.17, 15) is 10.2 Å². The molecule has 0 bridgehead atoms. The topological polar surface area (TPSA) is 46.9 Å². The highest BCUT2D eigenvalue weighted by Crippen LogP contribution is 2.51. The van der Waals surface area contributed by atoms with Crippen molar-refractivity contribution in [1.82, 2.24) is 0 Å². The summed E-state index contributed by atoms with van der Waals surface area (Å²) in [6, 6.07) is 7.57. The van der Waals surface area contributed by atoms with Crippen LogP contribution in [0.15, 0.2) is 24.3 Å². The quantitative estimate of drug-likeness (QED) is 0.842. The van der Waals surface area contributed by atoms with Crippen molar-refractivity contribution in [2.45, 2.75) is 25.7 Å². The Morgan fingerprint density at radius 1 is 0.708 bits per heavy atom. The molecule has 0 aromatic heterocycles. The average molecular weight is 324 g/mol. The molecule has 0 fully saturated rings. The van der Waals surface area contributed by atoms with E-state index in [1.807, 2.05) is 12.1 Å². The van der Waals surface area contributed by atoms with Crippen LogP contribution >= 0.6 is 0 Å². The first-order valence-corrected chi connectivity index (χ1v) is 8.70. The third kappa shape index (κ3) is 2.20. The largest absolute Gasteiger partial charge is 0.507 e. The van der Waals surface area contributed by atoms with E-state index in [1.165, 1.54) is 11.1 Å². The first-order valence-electron chi connectivity index (χ1n) is 8.70. The molecule has 4 rings (SSSR count). The van der Waals surface area contributed by atoms with Crippen molar-refractivity contribution in [3.63, 3.8) is 0 Å². The molecule has 0 atom stereocenters. The van der Waals surface area contributed by atoms with E-state index < -0.39 is 0 Å². The third-order valence-electron chi connectivity index (χ3n) is 5.37. The molecule has 126 valence electrons. The summed E-state index contributed by atoms with van der Waals surface area (Å²) in [5, 5.41) is 21.4. The van der Waals surface area contributed by atoms with Crippen LogP contribution in [0.25, 0.3) is 11.1 Å². The Balaban J connectivity index is 2.05. The standard InChI is InChI=1S/C20H24N2O2/c1-21-11-3-5-13-7-9-15(23)17(19(13)21)18-16(24)10-8-14-6-4-12-22(2)20(14)18/h7-10,23-24H,3-6,11-12H2,1-2H3. The normalized spacial score (nSPS) is 16.8. The smallest absolute Gasteiger partial charge is 0.125 e. The van der Waals surface area contributed by atoms with Gasteiger partial charge in [-0.05, 0) is 48.9 Å². The van der Waals surface area contributed by atoms with E-state index >= 15 is 0 Å². The highest BCUT2D eigenvalue weighted by molar-refractivity contribution is 5.96. The van der Waals surface area contributed by atoms with Crippen LogP contribution in [0, 0.1) is 0 Å². The van der Waals surface area contributed by atoms with Crippen LogP contribution in [0.3, 0.4) is 0 Å². The molecule has 24 heavy (non-hydrogen) atoms. The molecule has 4 nitrogen and oxygen atoms in total. The monoisotopic (exact) mass is 324 g/mol. The maximum absolute atomic E-state index is 10.7. The minimum absolute atomic E-state index is 0.241. The Hall–Kier alpha value is -2.36. The molecule has 0 spiro atoms. The number of nitrogens with zero attached hydrogens (tertiary/aromatic N) is 2. The second-order valence-electron chi connectivity index (χ2n) is 6.99. The van der Waals surface area contributed by atoms with Crippen molar-refractivity contribution in [2.24, 2.45) is 0 Å². The molecule has 2 aliphatic heterocycles. The average Bonchev–Trinajstić information content (AvgIpc) is 2.57. The number of phenols is 2. The first-order chi connectivity index (χ1) is 11.6. The fourth-order valence-corrected chi connectivity index (χ4v) is 4.25. The fraction of sp³-hybridized carbons (Fsp3) is 0.400. The van der Waals surface area contributed by atoms with Gasteiger partial charge in [-0.25, -0.2) is 0 Å². The van der Waals surface area contributed by atoms with Gasteiger partial charge in [0.2, 0.25) is 0 Å². The number of hydrogen-bond donors (Lipinski definition) is 2. The molecule has 2 aromatic rings. The molecule has 0 aliphatic carbocycles.